The summed E-state index contributed by atoms with van der Waals surface area (Å²) >= 11 is 1.60. The summed E-state index contributed by atoms with van der Waals surface area (Å²) in [4.78, 5) is 40.7. The van der Waals surface area contributed by atoms with Gasteiger partial charge >= 0.3 is 5.97 Å². The Morgan fingerprint density at radius 3 is 2.68 bits per heavy atom. The van der Waals surface area contributed by atoms with Crippen molar-refractivity contribution in [2.75, 3.05) is 26.5 Å². The number of nitrogens with zero attached hydrogens (tertiary/aromatic N) is 2. The molecule has 0 radical (unpaired) electrons. The van der Waals surface area contributed by atoms with E-state index >= 15 is 0 Å². The van der Waals surface area contributed by atoms with Gasteiger partial charge in [0.05, 0.1) is 26.0 Å². The van der Waals surface area contributed by atoms with Crippen LogP contribution in [-0.4, -0.2) is 47.0 Å². The number of benzene rings is 1. The predicted molar refractivity (Wildman–Crippen MR) is 140 cm³/mol. The molecular formula is C28H30N2O6S. The number of methoxy groups -OCH3 is 1. The molecule has 2 aromatic heterocycles. The van der Waals surface area contributed by atoms with Crippen molar-refractivity contribution in [1.29, 1.82) is 0 Å². The molecule has 3 aromatic rings. The predicted octanol–water partition coefficient (Wildman–Crippen LogP) is 3.54. The van der Waals surface area contributed by atoms with Gasteiger partial charge in [-0.05, 0) is 42.4 Å². The van der Waals surface area contributed by atoms with Crippen LogP contribution in [0, 0.1) is 5.92 Å². The summed E-state index contributed by atoms with van der Waals surface area (Å²) in [7, 11) is 1.31. The molecule has 1 fully saturated rings. The zero-order chi connectivity index (χ0) is 26.1. The first kappa shape index (κ1) is 25.4. The number of rotatable bonds is 7. The van der Waals surface area contributed by atoms with Crippen molar-refractivity contribution in [1.82, 2.24) is 9.47 Å². The topological polar surface area (TPSA) is 102 Å². The minimum absolute atomic E-state index is 0.0389. The molecule has 8 nitrogen and oxygen atoms in total. The zero-order valence-corrected chi connectivity index (χ0v) is 21.7. The van der Waals surface area contributed by atoms with Gasteiger partial charge in [0.15, 0.2) is 5.76 Å². The Balaban J connectivity index is 1.44. The highest BCUT2D eigenvalue weighted by Gasteiger charge is 2.35. The van der Waals surface area contributed by atoms with E-state index in [4.69, 9.17) is 9.15 Å². The number of pyridine rings is 1. The Morgan fingerprint density at radius 1 is 1.16 bits per heavy atom. The van der Waals surface area contributed by atoms with Crippen molar-refractivity contribution < 1.29 is 19.1 Å². The Bertz CT molecular complexity index is 1410. The van der Waals surface area contributed by atoms with E-state index in [0.29, 0.717) is 24.8 Å². The van der Waals surface area contributed by atoms with Crippen LogP contribution in [0.5, 0.6) is 5.75 Å². The molecule has 1 aromatic carbocycles. The number of hydrogen-bond donors (Lipinski definition) is 1. The Labute approximate surface area is 218 Å². The van der Waals surface area contributed by atoms with E-state index in [-0.39, 0.29) is 23.7 Å². The minimum atomic E-state index is -0.671. The number of carbonyl (C=O) groups is 1. The van der Waals surface area contributed by atoms with Gasteiger partial charge in [0, 0.05) is 48.3 Å². The molecule has 0 aliphatic carbocycles. The van der Waals surface area contributed by atoms with Crippen molar-refractivity contribution in [3.05, 3.63) is 91.9 Å². The fourth-order valence-electron chi connectivity index (χ4n) is 5.66. The maximum Gasteiger partial charge on any atom is 0.306 e. The molecule has 1 N–H and O–H groups in total. The van der Waals surface area contributed by atoms with Crippen LogP contribution in [0.15, 0.2) is 67.4 Å². The molecule has 0 unspecified atom stereocenters. The molecule has 3 atom stereocenters. The van der Waals surface area contributed by atoms with E-state index < -0.39 is 23.1 Å². The summed E-state index contributed by atoms with van der Waals surface area (Å²) in [5.41, 5.74) is 1.29. The second kappa shape index (κ2) is 10.6. The molecule has 5 rings (SSSR count). The first-order valence-electron chi connectivity index (χ1n) is 12.3. The third-order valence-electron chi connectivity index (χ3n) is 7.37. The van der Waals surface area contributed by atoms with Gasteiger partial charge in [-0.15, -0.1) is 11.8 Å². The van der Waals surface area contributed by atoms with Crippen molar-refractivity contribution in [3.63, 3.8) is 0 Å². The molecule has 2 bridgehead atoms. The van der Waals surface area contributed by atoms with Crippen molar-refractivity contribution in [2.24, 2.45) is 5.92 Å². The highest BCUT2D eigenvalue weighted by Crippen LogP contribution is 2.37. The fourth-order valence-corrected chi connectivity index (χ4v) is 6.07. The summed E-state index contributed by atoms with van der Waals surface area (Å²) in [5, 5.41) is 10.7. The Kier molecular flexibility index (Phi) is 7.26. The number of hydrogen-bond acceptors (Lipinski definition) is 8. The normalized spacial score (nSPS) is 19.7. The van der Waals surface area contributed by atoms with E-state index in [1.54, 1.807) is 17.8 Å². The number of aromatic hydroxyl groups is 1. The van der Waals surface area contributed by atoms with Gasteiger partial charge in [0.2, 0.25) is 11.2 Å². The second-order valence-corrected chi connectivity index (χ2v) is 10.7. The average molecular weight is 523 g/mol. The quantitative estimate of drug-likeness (QED) is 0.371. The summed E-state index contributed by atoms with van der Waals surface area (Å²) in [6.07, 6.45) is 2.92. The average Bonchev–Trinajstić information content (AvgIpc) is 2.90. The molecule has 0 spiro atoms. The lowest BCUT2D eigenvalue weighted by Gasteiger charge is -2.42. The number of carbonyl (C=O) groups excluding carboxylic acids is 1. The molecule has 1 saturated heterocycles. The van der Waals surface area contributed by atoms with Gasteiger partial charge in [-0.3, -0.25) is 19.3 Å². The minimum Gasteiger partial charge on any atom is -0.502 e. The van der Waals surface area contributed by atoms with Crippen LogP contribution >= 0.6 is 11.8 Å². The molecule has 0 amide bonds. The third-order valence-corrected chi connectivity index (χ3v) is 8.11. The van der Waals surface area contributed by atoms with E-state index in [9.17, 15) is 19.5 Å². The number of esters is 1. The molecule has 2 aliphatic rings. The molecule has 4 heterocycles. The number of thioether (sulfide) groups is 1. The van der Waals surface area contributed by atoms with Crippen molar-refractivity contribution in [2.45, 2.75) is 42.7 Å². The van der Waals surface area contributed by atoms with Crippen LogP contribution in [-0.2, 0) is 22.6 Å². The first-order valence-corrected chi connectivity index (χ1v) is 13.6. The molecular weight excluding hydrogens is 492 g/mol. The van der Waals surface area contributed by atoms with E-state index in [2.05, 4.69) is 4.90 Å². The summed E-state index contributed by atoms with van der Waals surface area (Å²) in [6.45, 7) is 2.59. The number of aromatic nitrogens is 1. The van der Waals surface area contributed by atoms with Gasteiger partial charge < -0.3 is 18.8 Å². The largest absolute Gasteiger partial charge is 0.502 e. The number of likely N-dealkylation sites (tertiary alicyclic amines) is 1. The highest BCUT2D eigenvalue weighted by atomic mass is 32.2. The van der Waals surface area contributed by atoms with Gasteiger partial charge in [0.1, 0.15) is 5.76 Å². The highest BCUT2D eigenvalue weighted by molar-refractivity contribution is 7.98. The smallest absolute Gasteiger partial charge is 0.306 e. The van der Waals surface area contributed by atoms with Crippen molar-refractivity contribution in [3.8, 4) is 5.75 Å². The van der Waals surface area contributed by atoms with Crippen LogP contribution in [0.2, 0.25) is 0 Å². The zero-order valence-electron chi connectivity index (χ0n) is 20.9. The summed E-state index contributed by atoms with van der Waals surface area (Å²) in [5.74, 6) is -0.573. The Hall–Kier alpha value is -3.30. The maximum absolute atomic E-state index is 12.8. The fraction of sp³-hybridized carbons (Fsp3) is 0.393. The number of ether oxygens (including phenoxy) is 1. The van der Waals surface area contributed by atoms with Crippen molar-refractivity contribution >= 4 is 17.7 Å². The van der Waals surface area contributed by atoms with E-state index in [1.165, 1.54) is 13.2 Å². The molecule has 0 saturated carbocycles. The second-order valence-electron chi connectivity index (χ2n) is 9.79. The van der Waals surface area contributed by atoms with E-state index in [0.717, 1.165) is 35.7 Å². The maximum atomic E-state index is 12.8. The summed E-state index contributed by atoms with van der Waals surface area (Å²) in [6, 6.07) is 14.4. The Morgan fingerprint density at radius 2 is 1.95 bits per heavy atom. The molecule has 194 valence electrons. The van der Waals surface area contributed by atoms with Gasteiger partial charge in [0.25, 0.3) is 5.56 Å². The molecule has 37 heavy (non-hydrogen) atoms. The van der Waals surface area contributed by atoms with Gasteiger partial charge in [-0.2, -0.15) is 0 Å². The van der Waals surface area contributed by atoms with Gasteiger partial charge in [-0.25, -0.2) is 0 Å². The molecule has 2 aliphatic heterocycles. The van der Waals surface area contributed by atoms with Gasteiger partial charge in [-0.1, -0.05) is 18.2 Å². The van der Waals surface area contributed by atoms with Crippen LogP contribution in [0.1, 0.15) is 47.5 Å². The van der Waals surface area contributed by atoms with Crippen LogP contribution in [0.3, 0.4) is 0 Å². The van der Waals surface area contributed by atoms with Crippen LogP contribution in [0.4, 0.5) is 0 Å². The monoisotopic (exact) mass is 522 g/mol. The number of fused-ring (bicyclic) bond motifs is 4. The third kappa shape index (κ3) is 5.24. The standard InChI is InChI=1S/C28H30N2O6S/c1-35-26(33)12-22(18-6-8-21(37-2)9-7-18)28-27(34)24(31)11-20(36-28)16-29-13-17-10-19(15-29)23-4-3-5-25(32)30(23)14-17/h3-9,11,17,19,22,34H,10,12-16H2,1-2H3/t17-,19+,22+/m0/s1. The lowest BCUT2D eigenvalue weighted by Crippen LogP contribution is -2.46. The SMILES string of the molecule is COC(=O)C[C@H](c1ccc(SC)cc1)c1oc(CN2C[C@@H]3C[C@H](C2)c2cccc(=O)n2C3)cc(=O)c1O. The van der Waals surface area contributed by atoms with Crippen LogP contribution in [0.25, 0.3) is 0 Å². The molecule has 9 heteroatoms. The lowest BCUT2D eigenvalue weighted by molar-refractivity contribution is -0.140. The van der Waals surface area contributed by atoms with E-state index in [1.807, 2.05) is 47.2 Å². The van der Waals surface area contributed by atoms with Crippen LogP contribution < -0.4 is 11.0 Å². The number of piperidine rings is 1. The summed E-state index contributed by atoms with van der Waals surface area (Å²) < 4.78 is 12.9. The first-order chi connectivity index (χ1) is 17.9. The lowest BCUT2D eigenvalue weighted by atomic mass is 9.83.